The standard InChI is InChI=1S/C8H11N3O2/c9-2-4-13-6-1-3-11-7(5-6)8(10)12/h1,3,5H,2,4,9H2,(H2,10,12). The number of hydrogen-bond donors (Lipinski definition) is 2. The van der Waals surface area contributed by atoms with Crippen molar-refractivity contribution in [3.05, 3.63) is 24.0 Å². The van der Waals surface area contributed by atoms with Crippen molar-refractivity contribution < 1.29 is 9.53 Å². The first kappa shape index (κ1) is 9.47. The minimum atomic E-state index is -0.571. The van der Waals surface area contributed by atoms with Crippen molar-refractivity contribution in [3.8, 4) is 5.75 Å². The fraction of sp³-hybridized carbons (Fsp3) is 0.250. The molecule has 70 valence electrons. The van der Waals surface area contributed by atoms with Gasteiger partial charge < -0.3 is 16.2 Å². The van der Waals surface area contributed by atoms with Gasteiger partial charge in [0.1, 0.15) is 18.1 Å². The molecule has 0 unspecified atom stereocenters. The van der Waals surface area contributed by atoms with E-state index < -0.39 is 5.91 Å². The van der Waals surface area contributed by atoms with Gasteiger partial charge in [0.2, 0.25) is 0 Å². The number of rotatable bonds is 4. The average Bonchev–Trinajstić information content (AvgIpc) is 2.15. The Morgan fingerprint density at radius 2 is 2.38 bits per heavy atom. The molecule has 0 aliphatic rings. The van der Waals surface area contributed by atoms with Crippen LogP contribution in [0.1, 0.15) is 10.5 Å². The minimum absolute atomic E-state index is 0.189. The van der Waals surface area contributed by atoms with Crippen LogP contribution < -0.4 is 16.2 Å². The molecule has 0 aliphatic heterocycles. The highest BCUT2D eigenvalue weighted by Crippen LogP contribution is 2.09. The Bertz CT molecular complexity index is 301. The number of ether oxygens (including phenoxy) is 1. The van der Waals surface area contributed by atoms with Crippen LogP contribution >= 0.6 is 0 Å². The molecule has 0 spiro atoms. The van der Waals surface area contributed by atoms with Crippen LogP contribution in [0.5, 0.6) is 5.75 Å². The predicted molar refractivity (Wildman–Crippen MR) is 47.3 cm³/mol. The SMILES string of the molecule is NCCOc1ccnc(C(N)=O)c1. The van der Waals surface area contributed by atoms with Gasteiger partial charge in [0.25, 0.3) is 5.91 Å². The average molecular weight is 181 g/mol. The van der Waals surface area contributed by atoms with Gasteiger partial charge in [0.05, 0.1) is 0 Å². The van der Waals surface area contributed by atoms with Gasteiger partial charge in [0, 0.05) is 18.8 Å². The third-order valence-electron chi connectivity index (χ3n) is 1.37. The molecule has 0 radical (unpaired) electrons. The van der Waals surface area contributed by atoms with Gasteiger partial charge in [0.15, 0.2) is 0 Å². The van der Waals surface area contributed by atoms with E-state index in [0.29, 0.717) is 18.9 Å². The molecule has 0 saturated carbocycles. The highest BCUT2D eigenvalue weighted by Gasteiger charge is 2.02. The first-order chi connectivity index (χ1) is 6.24. The minimum Gasteiger partial charge on any atom is -0.492 e. The summed E-state index contributed by atoms with van der Waals surface area (Å²) in [5, 5.41) is 0. The van der Waals surface area contributed by atoms with Gasteiger partial charge in [-0.2, -0.15) is 0 Å². The Balaban J connectivity index is 2.73. The predicted octanol–water partition coefficient (Wildman–Crippen LogP) is -0.482. The van der Waals surface area contributed by atoms with Gasteiger partial charge in [-0.05, 0) is 6.07 Å². The van der Waals surface area contributed by atoms with Crippen LogP contribution in [0, 0.1) is 0 Å². The molecule has 0 aromatic carbocycles. The molecule has 1 aromatic heterocycles. The van der Waals surface area contributed by atoms with E-state index in [9.17, 15) is 4.79 Å². The van der Waals surface area contributed by atoms with Gasteiger partial charge >= 0.3 is 0 Å². The highest BCUT2D eigenvalue weighted by atomic mass is 16.5. The molecule has 0 atom stereocenters. The Labute approximate surface area is 75.7 Å². The van der Waals surface area contributed by atoms with E-state index in [1.807, 2.05) is 0 Å². The zero-order valence-electron chi connectivity index (χ0n) is 7.06. The van der Waals surface area contributed by atoms with Crippen molar-refractivity contribution in [2.75, 3.05) is 13.2 Å². The van der Waals surface area contributed by atoms with Gasteiger partial charge in [-0.25, -0.2) is 0 Å². The van der Waals surface area contributed by atoms with E-state index in [1.54, 1.807) is 6.07 Å². The molecule has 0 saturated heterocycles. The summed E-state index contributed by atoms with van der Waals surface area (Å²) in [5.74, 6) is -0.0209. The highest BCUT2D eigenvalue weighted by molar-refractivity contribution is 5.91. The van der Waals surface area contributed by atoms with Crippen molar-refractivity contribution in [3.63, 3.8) is 0 Å². The molecule has 4 N–H and O–H groups in total. The summed E-state index contributed by atoms with van der Waals surface area (Å²) in [6, 6.07) is 3.13. The molecule has 1 aromatic rings. The first-order valence-corrected chi connectivity index (χ1v) is 3.83. The van der Waals surface area contributed by atoms with E-state index in [0.717, 1.165) is 0 Å². The molecule has 1 heterocycles. The number of aromatic nitrogens is 1. The van der Waals surface area contributed by atoms with Crippen LogP contribution in [0.25, 0.3) is 0 Å². The quantitative estimate of drug-likeness (QED) is 0.656. The number of nitrogens with two attached hydrogens (primary N) is 2. The van der Waals surface area contributed by atoms with E-state index >= 15 is 0 Å². The lowest BCUT2D eigenvalue weighted by atomic mass is 10.3. The lowest BCUT2D eigenvalue weighted by molar-refractivity contribution is 0.0995. The second-order valence-corrected chi connectivity index (χ2v) is 2.38. The third-order valence-corrected chi connectivity index (χ3v) is 1.37. The number of carbonyl (C=O) groups is 1. The summed E-state index contributed by atoms with van der Waals surface area (Å²) in [6.07, 6.45) is 1.46. The molecule has 5 heteroatoms. The lowest BCUT2D eigenvalue weighted by Crippen LogP contribution is -2.14. The third kappa shape index (κ3) is 2.72. The Kier molecular flexibility index (Phi) is 3.22. The summed E-state index contributed by atoms with van der Waals surface area (Å²) in [5.41, 5.74) is 10.5. The Morgan fingerprint density at radius 1 is 1.62 bits per heavy atom. The van der Waals surface area contributed by atoms with Crippen LogP contribution in [-0.2, 0) is 0 Å². The van der Waals surface area contributed by atoms with E-state index in [-0.39, 0.29) is 5.69 Å². The number of nitrogens with zero attached hydrogens (tertiary/aromatic N) is 1. The smallest absolute Gasteiger partial charge is 0.267 e. The molecular weight excluding hydrogens is 170 g/mol. The number of carbonyl (C=O) groups excluding carboxylic acids is 1. The van der Waals surface area contributed by atoms with E-state index in [4.69, 9.17) is 16.2 Å². The maximum Gasteiger partial charge on any atom is 0.267 e. The summed E-state index contributed by atoms with van der Waals surface area (Å²) in [4.78, 5) is 14.5. The van der Waals surface area contributed by atoms with Crippen LogP contribution in [0.2, 0.25) is 0 Å². The first-order valence-electron chi connectivity index (χ1n) is 3.83. The molecule has 1 amide bonds. The maximum atomic E-state index is 10.7. The Hall–Kier alpha value is -1.62. The zero-order chi connectivity index (χ0) is 9.68. The maximum absolute atomic E-state index is 10.7. The van der Waals surface area contributed by atoms with Gasteiger partial charge in [-0.3, -0.25) is 9.78 Å². The number of primary amides is 1. The number of amides is 1. The van der Waals surface area contributed by atoms with E-state index in [2.05, 4.69) is 4.98 Å². The summed E-state index contributed by atoms with van der Waals surface area (Å²) in [7, 11) is 0. The molecule has 0 fully saturated rings. The van der Waals surface area contributed by atoms with Crippen molar-refractivity contribution in [1.82, 2.24) is 4.98 Å². The molecule has 1 rings (SSSR count). The fourth-order valence-electron chi connectivity index (χ4n) is 0.812. The monoisotopic (exact) mass is 181 g/mol. The van der Waals surface area contributed by atoms with Crippen LogP contribution in [0.4, 0.5) is 0 Å². The molecule has 0 aliphatic carbocycles. The molecule has 0 bridgehead atoms. The van der Waals surface area contributed by atoms with Crippen LogP contribution in [-0.4, -0.2) is 24.0 Å². The second kappa shape index (κ2) is 4.42. The molecule has 13 heavy (non-hydrogen) atoms. The van der Waals surface area contributed by atoms with Crippen molar-refractivity contribution in [2.45, 2.75) is 0 Å². The fourth-order valence-corrected chi connectivity index (χ4v) is 0.812. The van der Waals surface area contributed by atoms with Crippen molar-refractivity contribution in [1.29, 1.82) is 0 Å². The van der Waals surface area contributed by atoms with Gasteiger partial charge in [-0.1, -0.05) is 0 Å². The topological polar surface area (TPSA) is 91.2 Å². The summed E-state index contributed by atoms with van der Waals surface area (Å²) < 4.78 is 5.17. The number of pyridine rings is 1. The zero-order valence-corrected chi connectivity index (χ0v) is 7.06. The largest absolute Gasteiger partial charge is 0.492 e. The van der Waals surface area contributed by atoms with Gasteiger partial charge in [-0.15, -0.1) is 0 Å². The normalized spacial score (nSPS) is 9.62. The second-order valence-electron chi connectivity index (χ2n) is 2.38. The van der Waals surface area contributed by atoms with E-state index in [1.165, 1.54) is 12.3 Å². The summed E-state index contributed by atoms with van der Waals surface area (Å²) in [6.45, 7) is 0.830. The summed E-state index contributed by atoms with van der Waals surface area (Å²) >= 11 is 0. The number of hydrogen-bond acceptors (Lipinski definition) is 4. The molecule has 5 nitrogen and oxygen atoms in total. The Morgan fingerprint density at radius 3 is 3.00 bits per heavy atom. The van der Waals surface area contributed by atoms with Crippen molar-refractivity contribution in [2.24, 2.45) is 11.5 Å². The van der Waals surface area contributed by atoms with Crippen molar-refractivity contribution >= 4 is 5.91 Å². The van der Waals surface area contributed by atoms with Crippen LogP contribution in [0.15, 0.2) is 18.3 Å². The molecular formula is C8H11N3O2. The lowest BCUT2D eigenvalue weighted by Gasteiger charge is -2.03. The van der Waals surface area contributed by atoms with Crippen LogP contribution in [0.3, 0.4) is 0 Å².